The number of piperidine rings is 1. The zero-order chi connectivity index (χ0) is 22.4. The third-order valence-electron chi connectivity index (χ3n) is 6.36. The van der Waals surface area contributed by atoms with Gasteiger partial charge in [0.15, 0.2) is 17.2 Å². The van der Waals surface area contributed by atoms with Crippen LogP contribution in [0.3, 0.4) is 0 Å². The normalized spacial score (nSPS) is 15.7. The summed E-state index contributed by atoms with van der Waals surface area (Å²) in [6.45, 7) is 1.16. The first-order chi connectivity index (χ1) is 16.2. The molecular weight excluding hydrogens is 414 g/mol. The van der Waals surface area contributed by atoms with Crippen LogP contribution in [-0.2, 0) is 22.4 Å². The van der Waals surface area contributed by atoms with Gasteiger partial charge in [-0.05, 0) is 29.7 Å². The van der Waals surface area contributed by atoms with Crippen molar-refractivity contribution in [2.45, 2.75) is 25.7 Å². The summed E-state index contributed by atoms with van der Waals surface area (Å²) >= 11 is 0. The number of hydrogen-bond donors (Lipinski definition) is 1. The van der Waals surface area contributed by atoms with E-state index in [4.69, 9.17) is 4.98 Å². The van der Waals surface area contributed by atoms with Gasteiger partial charge < -0.3 is 10.2 Å². The molecule has 1 N–H and O–H groups in total. The van der Waals surface area contributed by atoms with E-state index in [1.165, 1.54) is 5.56 Å². The van der Waals surface area contributed by atoms with Crippen molar-refractivity contribution in [1.29, 1.82) is 0 Å². The Morgan fingerprint density at radius 1 is 1.06 bits per heavy atom. The second-order valence-electron chi connectivity index (χ2n) is 8.67. The van der Waals surface area contributed by atoms with Gasteiger partial charge in [-0.15, -0.1) is 0 Å². The molecular formula is C26H23N5O2. The lowest BCUT2D eigenvalue weighted by Crippen LogP contribution is -2.36. The summed E-state index contributed by atoms with van der Waals surface area (Å²) < 4.78 is 2.08. The third kappa shape index (κ3) is 3.55. The van der Waals surface area contributed by atoms with Crippen molar-refractivity contribution in [3.63, 3.8) is 0 Å². The van der Waals surface area contributed by atoms with E-state index in [2.05, 4.69) is 32.9 Å². The first-order valence-corrected chi connectivity index (χ1v) is 11.3. The van der Waals surface area contributed by atoms with Crippen LogP contribution in [-0.4, -0.2) is 39.1 Å². The number of carbonyl (C=O) groups is 2. The van der Waals surface area contributed by atoms with Crippen LogP contribution in [0.1, 0.15) is 29.7 Å². The van der Waals surface area contributed by atoms with Crippen LogP contribution in [0.25, 0.3) is 16.9 Å². The van der Waals surface area contributed by atoms with Gasteiger partial charge in [-0.3, -0.25) is 14.0 Å². The van der Waals surface area contributed by atoms with Crippen LogP contribution in [0.2, 0.25) is 0 Å². The van der Waals surface area contributed by atoms with Crippen molar-refractivity contribution in [3.05, 3.63) is 77.7 Å². The van der Waals surface area contributed by atoms with E-state index in [0.29, 0.717) is 25.8 Å². The Morgan fingerprint density at radius 2 is 1.94 bits per heavy atom. The number of imidazole rings is 1. The predicted octanol–water partition coefficient (Wildman–Crippen LogP) is 3.65. The molecule has 2 aromatic carbocycles. The minimum atomic E-state index is 0.0195. The fraction of sp³-hybridized carbons (Fsp3) is 0.231. The van der Waals surface area contributed by atoms with Crippen LogP contribution in [0.5, 0.6) is 0 Å². The molecule has 0 radical (unpaired) electrons. The van der Waals surface area contributed by atoms with Crippen LogP contribution >= 0.6 is 0 Å². The molecule has 2 aliphatic heterocycles. The minimum Gasteiger partial charge on any atom is -0.346 e. The van der Waals surface area contributed by atoms with Crippen LogP contribution in [0.4, 0.5) is 11.5 Å². The SMILES string of the molecule is O=C1CCCN(c2nccn3c(-c4ccc5c(c4)CC(=O)N5)c(Cc4ccccc4)nc23)C1. The molecule has 4 heterocycles. The maximum atomic E-state index is 12.1. The maximum absolute atomic E-state index is 12.1. The van der Waals surface area contributed by atoms with E-state index in [-0.39, 0.29) is 11.7 Å². The Balaban J connectivity index is 1.52. The maximum Gasteiger partial charge on any atom is 0.228 e. The van der Waals surface area contributed by atoms with E-state index in [9.17, 15) is 9.59 Å². The zero-order valence-corrected chi connectivity index (χ0v) is 18.1. The molecule has 0 spiro atoms. The molecule has 1 saturated heterocycles. The number of aromatic nitrogens is 3. The summed E-state index contributed by atoms with van der Waals surface area (Å²) in [6, 6.07) is 16.3. The van der Waals surface area contributed by atoms with Crippen molar-refractivity contribution in [2.24, 2.45) is 0 Å². The van der Waals surface area contributed by atoms with Gasteiger partial charge in [0.25, 0.3) is 0 Å². The van der Waals surface area contributed by atoms with Crippen molar-refractivity contribution in [1.82, 2.24) is 14.4 Å². The van der Waals surface area contributed by atoms with E-state index in [1.54, 1.807) is 6.20 Å². The number of nitrogens with one attached hydrogen (secondary N) is 1. The van der Waals surface area contributed by atoms with Gasteiger partial charge in [-0.1, -0.05) is 36.4 Å². The molecule has 1 amide bonds. The average molecular weight is 438 g/mol. The van der Waals surface area contributed by atoms with E-state index in [0.717, 1.165) is 52.6 Å². The zero-order valence-electron chi connectivity index (χ0n) is 18.1. The number of hydrogen-bond acceptors (Lipinski definition) is 5. The Kier molecular flexibility index (Phi) is 4.68. The number of Topliss-reactive ketones (excluding diaryl/α,β-unsaturated/α-hetero) is 1. The van der Waals surface area contributed by atoms with Gasteiger partial charge in [-0.2, -0.15) is 0 Å². The summed E-state index contributed by atoms with van der Waals surface area (Å²) in [4.78, 5) is 35.7. The fourth-order valence-electron chi connectivity index (χ4n) is 4.85. The lowest BCUT2D eigenvalue weighted by atomic mass is 10.0. The summed E-state index contributed by atoms with van der Waals surface area (Å²) in [5.41, 5.74) is 6.73. The van der Waals surface area contributed by atoms with Crippen molar-refractivity contribution in [3.8, 4) is 11.3 Å². The first kappa shape index (κ1) is 19.7. The Hall–Kier alpha value is -4.00. The molecule has 0 unspecified atom stereocenters. The molecule has 7 heteroatoms. The number of carbonyl (C=O) groups excluding carboxylic acids is 2. The number of amides is 1. The Labute approximate surface area is 191 Å². The number of nitrogens with zero attached hydrogens (tertiary/aromatic N) is 4. The molecule has 0 bridgehead atoms. The lowest BCUT2D eigenvalue weighted by Gasteiger charge is -2.26. The molecule has 6 rings (SSSR count). The second-order valence-corrected chi connectivity index (χ2v) is 8.67. The highest BCUT2D eigenvalue weighted by molar-refractivity contribution is 5.99. The Bertz CT molecular complexity index is 1390. The highest BCUT2D eigenvalue weighted by Gasteiger charge is 2.25. The van der Waals surface area contributed by atoms with Crippen molar-refractivity contribution in [2.75, 3.05) is 23.3 Å². The van der Waals surface area contributed by atoms with Crippen LogP contribution in [0, 0.1) is 0 Å². The molecule has 2 aromatic heterocycles. The number of benzene rings is 2. The third-order valence-corrected chi connectivity index (χ3v) is 6.36. The molecule has 0 aliphatic carbocycles. The van der Waals surface area contributed by atoms with Gasteiger partial charge in [0.05, 0.1) is 24.4 Å². The fourth-order valence-corrected chi connectivity index (χ4v) is 4.85. The van der Waals surface area contributed by atoms with E-state index < -0.39 is 0 Å². The monoisotopic (exact) mass is 437 g/mol. The van der Waals surface area contributed by atoms with Crippen molar-refractivity contribution < 1.29 is 9.59 Å². The smallest absolute Gasteiger partial charge is 0.228 e. The standard InChI is InChI=1S/C26H23N5O2/c32-20-7-4-11-30(16-20)25-26-29-22(13-17-5-2-1-3-6-17)24(31(26)12-10-27-25)18-8-9-21-19(14-18)15-23(33)28-21/h1-3,5-6,8-10,12,14H,4,7,11,13,15-16H2,(H,28,33). The molecule has 1 fully saturated rings. The van der Waals surface area contributed by atoms with Crippen LogP contribution in [0.15, 0.2) is 60.9 Å². The minimum absolute atomic E-state index is 0.0195. The van der Waals surface area contributed by atoms with Crippen LogP contribution < -0.4 is 10.2 Å². The quantitative estimate of drug-likeness (QED) is 0.527. The van der Waals surface area contributed by atoms with E-state index >= 15 is 0 Å². The molecule has 164 valence electrons. The highest BCUT2D eigenvalue weighted by atomic mass is 16.1. The average Bonchev–Trinajstić information content (AvgIpc) is 3.38. The largest absolute Gasteiger partial charge is 0.346 e. The lowest BCUT2D eigenvalue weighted by molar-refractivity contribution is -0.118. The van der Waals surface area contributed by atoms with Gasteiger partial charge in [0.2, 0.25) is 5.91 Å². The molecule has 2 aliphatic rings. The number of rotatable bonds is 4. The Morgan fingerprint density at radius 3 is 2.79 bits per heavy atom. The van der Waals surface area contributed by atoms with Gasteiger partial charge in [0, 0.05) is 43.0 Å². The summed E-state index contributed by atoms with van der Waals surface area (Å²) in [5.74, 6) is 0.993. The van der Waals surface area contributed by atoms with E-state index in [1.807, 2.05) is 41.4 Å². The van der Waals surface area contributed by atoms with Gasteiger partial charge >= 0.3 is 0 Å². The summed E-state index contributed by atoms with van der Waals surface area (Å²) in [5, 5.41) is 2.91. The first-order valence-electron chi connectivity index (χ1n) is 11.3. The number of ketones is 1. The molecule has 33 heavy (non-hydrogen) atoms. The highest BCUT2D eigenvalue weighted by Crippen LogP contribution is 2.34. The van der Waals surface area contributed by atoms with Gasteiger partial charge in [-0.25, -0.2) is 9.97 Å². The molecule has 0 saturated carbocycles. The second kappa shape index (κ2) is 7.85. The molecule has 7 nitrogen and oxygen atoms in total. The summed E-state index contributed by atoms with van der Waals surface area (Å²) in [7, 11) is 0. The summed E-state index contributed by atoms with van der Waals surface area (Å²) in [6.07, 6.45) is 6.22. The van der Waals surface area contributed by atoms with Gasteiger partial charge in [0.1, 0.15) is 0 Å². The van der Waals surface area contributed by atoms with Crippen molar-refractivity contribution >= 4 is 28.8 Å². The predicted molar refractivity (Wildman–Crippen MR) is 126 cm³/mol. The molecule has 4 aromatic rings. The molecule has 0 atom stereocenters. The topological polar surface area (TPSA) is 79.6 Å². The number of anilines is 2. The number of fused-ring (bicyclic) bond motifs is 2.